The van der Waals surface area contributed by atoms with Crippen LogP contribution in [0.5, 0.6) is 0 Å². The molecular formula is C13H17BN3O3+. The predicted octanol–water partition coefficient (Wildman–Crippen LogP) is 1.83. The van der Waals surface area contributed by atoms with Crippen LogP contribution < -0.4 is 4.57 Å². The second-order valence-electron chi connectivity index (χ2n) is 4.16. The standard InChI is InChI=1S/C13H17BN3O3/c1-3-4-8-17-9-6-5-7-13(17)12(2)20-14(18-10-15)19-11-16/h5-7,9,12H,3-4,8H2,1-2H3/q+1. The van der Waals surface area contributed by atoms with Crippen molar-refractivity contribution < 1.29 is 18.5 Å². The first-order valence-corrected chi connectivity index (χ1v) is 6.46. The summed E-state index contributed by atoms with van der Waals surface area (Å²) in [7, 11) is -1.32. The first-order valence-electron chi connectivity index (χ1n) is 6.46. The van der Waals surface area contributed by atoms with Gasteiger partial charge in [-0.3, -0.25) is 0 Å². The quantitative estimate of drug-likeness (QED) is 0.410. The molecule has 0 N–H and O–H groups in total. The topological polar surface area (TPSA) is 79.2 Å². The Bertz CT molecular complexity index is 482. The van der Waals surface area contributed by atoms with Gasteiger partial charge in [0.15, 0.2) is 6.20 Å². The number of unbranched alkanes of at least 4 members (excludes halogenated alkanes) is 1. The number of hydrogen-bond acceptors (Lipinski definition) is 5. The van der Waals surface area contributed by atoms with E-state index in [4.69, 9.17) is 15.2 Å². The monoisotopic (exact) mass is 274 g/mol. The zero-order chi connectivity index (χ0) is 14.8. The Morgan fingerprint density at radius 3 is 2.60 bits per heavy atom. The summed E-state index contributed by atoms with van der Waals surface area (Å²) in [5.41, 5.74) is 0.925. The molecule has 0 radical (unpaired) electrons. The van der Waals surface area contributed by atoms with Crippen molar-refractivity contribution >= 4 is 7.32 Å². The van der Waals surface area contributed by atoms with E-state index in [0.29, 0.717) is 0 Å². The second-order valence-corrected chi connectivity index (χ2v) is 4.16. The molecule has 0 bridgehead atoms. The molecule has 0 aliphatic rings. The van der Waals surface area contributed by atoms with Crippen LogP contribution in [0.1, 0.15) is 38.5 Å². The summed E-state index contributed by atoms with van der Waals surface area (Å²) in [4.78, 5) is 0. The highest BCUT2D eigenvalue weighted by Crippen LogP contribution is 2.14. The van der Waals surface area contributed by atoms with Crippen LogP contribution in [0.15, 0.2) is 24.4 Å². The third-order valence-electron chi connectivity index (χ3n) is 2.76. The van der Waals surface area contributed by atoms with E-state index in [2.05, 4.69) is 20.8 Å². The first-order chi connectivity index (χ1) is 9.72. The van der Waals surface area contributed by atoms with E-state index in [9.17, 15) is 0 Å². The minimum Gasteiger partial charge on any atom is -0.430 e. The molecule has 20 heavy (non-hydrogen) atoms. The molecule has 1 unspecified atom stereocenters. The zero-order valence-corrected chi connectivity index (χ0v) is 11.7. The third-order valence-corrected chi connectivity index (χ3v) is 2.76. The molecule has 1 rings (SSSR count). The van der Waals surface area contributed by atoms with Crippen LogP contribution >= 0.6 is 0 Å². The van der Waals surface area contributed by atoms with Gasteiger partial charge in [0.1, 0.15) is 12.6 Å². The molecule has 1 aromatic rings. The summed E-state index contributed by atoms with van der Waals surface area (Å²) in [5, 5.41) is 16.9. The molecule has 0 aliphatic carbocycles. The molecule has 0 amide bonds. The summed E-state index contributed by atoms with van der Waals surface area (Å²) >= 11 is 0. The number of aromatic nitrogens is 1. The highest BCUT2D eigenvalue weighted by atomic mass is 16.7. The minimum absolute atomic E-state index is 0.375. The SMILES string of the molecule is CCCC[n+]1ccccc1C(C)OB(OC#N)OC#N. The van der Waals surface area contributed by atoms with Crippen LogP contribution in [0.3, 0.4) is 0 Å². The Labute approximate surface area is 119 Å². The highest BCUT2D eigenvalue weighted by molar-refractivity contribution is 6.37. The summed E-state index contributed by atoms with van der Waals surface area (Å²) in [6.45, 7) is 4.82. The van der Waals surface area contributed by atoms with Gasteiger partial charge in [-0.15, -0.1) is 0 Å². The molecule has 0 aromatic carbocycles. The fourth-order valence-corrected chi connectivity index (χ4v) is 1.79. The fourth-order valence-electron chi connectivity index (χ4n) is 1.79. The molecule has 0 fully saturated rings. The largest absolute Gasteiger partial charge is 0.809 e. The lowest BCUT2D eigenvalue weighted by atomic mass is 10.1. The van der Waals surface area contributed by atoms with E-state index in [-0.39, 0.29) is 6.10 Å². The lowest BCUT2D eigenvalue weighted by Gasteiger charge is -2.13. The van der Waals surface area contributed by atoms with Crippen molar-refractivity contribution in [2.75, 3.05) is 0 Å². The van der Waals surface area contributed by atoms with Crippen molar-refractivity contribution in [3.05, 3.63) is 30.1 Å². The summed E-state index contributed by atoms with van der Waals surface area (Å²) in [6.07, 6.45) is 6.64. The molecule has 0 saturated carbocycles. The van der Waals surface area contributed by atoms with E-state index in [1.54, 1.807) is 0 Å². The molecule has 1 heterocycles. The van der Waals surface area contributed by atoms with Crippen LogP contribution in [0.2, 0.25) is 0 Å². The molecule has 0 aliphatic heterocycles. The van der Waals surface area contributed by atoms with Crippen molar-refractivity contribution in [1.82, 2.24) is 0 Å². The van der Waals surface area contributed by atoms with Crippen molar-refractivity contribution in [2.24, 2.45) is 0 Å². The maximum Gasteiger partial charge on any atom is 0.809 e. The molecule has 0 spiro atoms. The molecule has 1 aromatic heterocycles. The Morgan fingerprint density at radius 2 is 2.00 bits per heavy atom. The van der Waals surface area contributed by atoms with E-state index < -0.39 is 7.32 Å². The Hall–Kier alpha value is -2.25. The Balaban J connectivity index is 2.78. The first kappa shape index (κ1) is 15.8. The van der Waals surface area contributed by atoms with Crippen molar-refractivity contribution in [3.8, 4) is 12.5 Å². The van der Waals surface area contributed by atoms with Crippen LogP contribution in [-0.4, -0.2) is 7.32 Å². The van der Waals surface area contributed by atoms with Gasteiger partial charge in [-0.05, 0) is 6.92 Å². The van der Waals surface area contributed by atoms with Crippen LogP contribution in [0.4, 0.5) is 0 Å². The third kappa shape index (κ3) is 4.79. The van der Waals surface area contributed by atoms with E-state index in [1.165, 1.54) is 12.5 Å². The number of pyridine rings is 1. The van der Waals surface area contributed by atoms with Crippen LogP contribution in [0, 0.1) is 23.0 Å². The minimum atomic E-state index is -1.32. The average Bonchev–Trinajstić information content (AvgIpc) is 2.46. The molecule has 7 heteroatoms. The second kappa shape index (κ2) is 8.79. The van der Waals surface area contributed by atoms with Crippen molar-refractivity contribution in [1.29, 1.82) is 10.5 Å². The normalized spacial score (nSPS) is 11.0. The fraction of sp³-hybridized carbons (Fsp3) is 0.462. The summed E-state index contributed by atoms with van der Waals surface area (Å²) in [5.74, 6) is 0. The maximum absolute atomic E-state index is 8.47. The van der Waals surface area contributed by atoms with Gasteiger partial charge in [-0.25, -0.2) is 4.57 Å². The number of hydrogen-bond donors (Lipinski definition) is 0. The number of nitrogens with zero attached hydrogens (tertiary/aromatic N) is 3. The van der Waals surface area contributed by atoms with E-state index in [1.807, 2.05) is 31.3 Å². The smallest absolute Gasteiger partial charge is 0.430 e. The zero-order valence-electron chi connectivity index (χ0n) is 11.7. The molecule has 0 saturated heterocycles. The number of rotatable bonds is 8. The van der Waals surface area contributed by atoms with Gasteiger partial charge >= 0.3 is 7.32 Å². The van der Waals surface area contributed by atoms with E-state index in [0.717, 1.165) is 25.1 Å². The van der Waals surface area contributed by atoms with Crippen LogP contribution in [-0.2, 0) is 20.5 Å². The lowest BCUT2D eigenvalue weighted by molar-refractivity contribution is -0.707. The highest BCUT2D eigenvalue weighted by Gasteiger charge is 2.32. The van der Waals surface area contributed by atoms with E-state index >= 15 is 0 Å². The van der Waals surface area contributed by atoms with Gasteiger partial charge in [-0.2, -0.15) is 10.5 Å². The lowest BCUT2D eigenvalue weighted by Crippen LogP contribution is -2.40. The Morgan fingerprint density at radius 1 is 1.30 bits per heavy atom. The molecule has 6 nitrogen and oxygen atoms in total. The summed E-state index contributed by atoms with van der Waals surface area (Å²) < 4.78 is 16.6. The van der Waals surface area contributed by atoms with Gasteiger partial charge in [0.25, 0.3) is 12.5 Å². The molecule has 104 valence electrons. The van der Waals surface area contributed by atoms with Gasteiger partial charge in [0.2, 0.25) is 5.69 Å². The van der Waals surface area contributed by atoms with Crippen LogP contribution in [0.25, 0.3) is 0 Å². The number of nitriles is 2. The van der Waals surface area contributed by atoms with Gasteiger partial charge in [-0.1, -0.05) is 19.4 Å². The Kier molecular flexibility index (Phi) is 6.95. The van der Waals surface area contributed by atoms with Crippen molar-refractivity contribution in [2.45, 2.75) is 39.3 Å². The van der Waals surface area contributed by atoms with Gasteiger partial charge in [0.05, 0.1) is 0 Å². The molecular weight excluding hydrogens is 257 g/mol. The van der Waals surface area contributed by atoms with Gasteiger partial charge < -0.3 is 14.0 Å². The molecule has 1 atom stereocenters. The number of aryl methyl sites for hydroxylation is 1. The van der Waals surface area contributed by atoms with Crippen molar-refractivity contribution in [3.63, 3.8) is 0 Å². The predicted molar refractivity (Wildman–Crippen MR) is 70.2 cm³/mol. The van der Waals surface area contributed by atoms with Gasteiger partial charge in [0, 0.05) is 18.6 Å². The average molecular weight is 274 g/mol. The maximum atomic E-state index is 8.47. The summed E-state index contributed by atoms with van der Waals surface area (Å²) in [6, 6.07) is 5.78.